The first-order valence-corrected chi connectivity index (χ1v) is 8.58. The Morgan fingerprint density at radius 3 is 2.38 bits per heavy atom. The molecule has 0 bridgehead atoms. The number of benzene rings is 1. The summed E-state index contributed by atoms with van der Waals surface area (Å²) >= 11 is 0. The van der Waals surface area contributed by atoms with Crippen molar-refractivity contribution in [2.75, 3.05) is 7.11 Å². The smallest absolute Gasteiger partial charge is 0.142 e. The van der Waals surface area contributed by atoms with Crippen LogP contribution in [0.3, 0.4) is 0 Å². The number of nitrogens with one attached hydrogen (secondary N) is 1. The molecule has 6 heteroatoms. The fraction of sp³-hybridized carbons (Fsp3) is 0.333. The average Bonchev–Trinajstić information content (AvgIpc) is 3.08. The number of ether oxygens (including phenoxy) is 2. The van der Waals surface area contributed by atoms with Crippen LogP contribution in [0, 0.1) is 12.0 Å². The third-order valence-electron chi connectivity index (χ3n) is 3.04. The highest BCUT2D eigenvalue weighted by Crippen LogP contribution is 2.19. The van der Waals surface area contributed by atoms with Gasteiger partial charge in [0, 0.05) is 0 Å². The van der Waals surface area contributed by atoms with Gasteiger partial charge in [-0.3, -0.25) is 0 Å². The van der Waals surface area contributed by atoms with Crippen LogP contribution in [0.5, 0.6) is 11.5 Å². The van der Waals surface area contributed by atoms with Gasteiger partial charge in [-0.25, -0.2) is 8.93 Å². The Balaban J connectivity index is 2.10. The minimum atomic E-state index is -1.29. The largest absolute Gasteiger partial charge is 0.497 e. The van der Waals surface area contributed by atoms with Gasteiger partial charge in [-0.2, -0.15) is 0 Å². The summed E-state index contributed by atoms with van der Waals surface area (Å²) in [7, 11) is 0.313. The maximum absolute atomic E-state index is 12.3. The van der Waals surface area contributed by atoms with Gasteiger partial charge in [0.15, 0.2) is 0 Å². The fourth-order valence-electron chi connectivity index (χ4n) is 1.69. The molecule has 0 saturated carbocycles. The summed E-state index contributed by atoms with van der Waals surface area (Å²) in [6, 6.07) is 10.1. The third-order valence-corrected chi connectivity index (χ3v) is 4.60. The van der Waals surface area contributed by atoms with Gasteiger partial charge in [-0.1, -0.05) is 0 Å². The lowest BCUT2D eigenvalue weighted by molar-refractivity contribution is 0.413. The molecule has 0 aliphatic carbocycles. The van der Waals surface area contributed by atoms with Gasteiger partial charge in [-0.15, -0.1) is 0 Å². The van der Waals surface area contributed by atoms with Gasteiger partial charge in [0.05, 0.1) is 29.1 Å². The molecule has 2 aromatic rings. The minimum absolute atomic E-state index is 0.413. The SMILES string of the molecule is COc1ccc(OC#CC(NS(=O)C(C)(C)C)c2ccco2)cc1. The van der Waals surface area contributed by atoms with Crippen LogP contribution in [-0.4, -0.2) is 16.1 Å². The first-order chi connectivity index (χ1) is 11.4. The maximum atomic E-state index is 12.3. The predicted molar refractivity (Wildman–Crippen MR) is 93.9 cm³/mol. The maximum Gasteiger partial charge on any atom is 0.142 e. The summed E-state index contributed by atoms with van der Waals surface area (Å²) in [4.78, 5) is 0. The quantitative estimate of drug-likeness (QED) is 0.842. The summed E-state index contributed by atoms with van der Waals surface area (Å²) in [6.07, 6.45) is 4.19. The van der Waals surface area contributed by atoms with Crippen molar-refractivity contribution in [3.05, 3.63) is 48.4 Å². The van der Waals surface area contributed by atoms with Crippen molar-refractivity contribution in [2.45, 2.75) is 31.6 Å². The zero-order valence-electron chi connectivity index (χ0n) is 14.2. The van der Waals surface area contributed by atoms with E-state index in [1.54, 1.807) is 49.8 Å². The molecule has 0 aliphatic rings. The van der Waals surface area contributed by atoms with E-state index in [1.165, 1.54) is 0 Å². The first-order valence-electron chi connectivity index (χ1n) is 7.43. The molecule has 0 radical (unpaired) electrons. The molecule has 0 spiro atoms. The Hall–Kier alpha value is -2.23. The van der Waals surface area contributed by atoms with Crippen molar-refractivity contribution in [1.29, 1.82) is 0 Å². The molecule has 128 valence electrons. The van der Waals surface area contributed by atoms with Gasteiger partial charge in [0.1, 0.15) is 29.4 Å². The summed E-state index contributed by atoms with van der Waals surface area (Å²) < 4.78 is 30.7. The summed E-state index contributed by atoms with van der Waals surface area (Å²) in [6.45, 7) is 5.66. The molecule has 0 fully saturated rings. The van der Waals surface area contributed by atoms with E-state index in [9.17, 15) is 4.21 Å². The van der Waals surface area contributed by atoms with E-state index >= 15 is 0 Å². The molecular formula is C18H21NO4S. The Morgan fingerprint density at radius 1 is 1.17 bits per heavy atom. The van der Waals surface area contributed by atoms with Crippen LogP contribution in [0.25, 0.3) is 0 Å². The van der Waals surface area contributed by atoms with E-state index in [-0.39, 0.29) is 0 Å². The van der Waals surface area contributed by atoms with Crippen LogP contribution in [0.2, 0.25) is 0 Å². The molecule has 1 aromatic heterocycles. The summed E-state index contributed by atoms with van der Waals surface area (Å²) in [5.41, 5.74) is 0. The lowest BCUT2D eigenvalue weighted by Crippen LogP contribution is -2.35. The summed E-state index contributed by atoms with van der Waals surface area (Å²) in [5.74, 6) is 4.82. The highest BCUT2D eigenvalue weighted by Gasteiger charge is 2.24. The average molecular weight is 347 g/mol. The van der Waals surface area contributed by atoms with E-state index in [0.29, 0.717) is 11.5 Å². The molecule has 2 atom stereocenters. The number of hydrogen-bond donors (Lipinski definition) is 1. The Labute approximate surface area is 144 Å². The molecule has 0 amide bonds. The normalized spacial score (nSPS) is 13.5. The van der Waals surface area contributed by atoms with E-state index in [4.69, 9.17) is 13.9 Å². The second kappa shape index (κ2) is 8.04. The molecule has 0 saturated heterocycles. The summed E-state index contributed by atoms with van der Waals surface area (Å²) in [5, 5.41) is 0. The second-order valence-electron chi connectivity index (χ2n) is 5.97. The third kappa shape index (κ3) is 5.15. The lowest BCUT2D eigenvalue weighted by atomic mass is 10.2. The molecular weight excluding hydrogens is 326 g/mol. The molecule has 1 aromatic carbocycles. The molecule has 2 rings (SSSR count). The van der Waals surface area contributed by atoms with Crippen LogP contribution in [0.15, 0.2) is 47.1 Å². The Bertz CT molecular complexity index is 721. The molecule has 5 nitrogen and oxygen atoms in total. The van der Waals surface area contributed by atoms with Crippen molar-refractivity contribution in [2.24, 2.45) is 0 Å². The van der Waals surface area contributed by atoms with Gasteiger partial charge in [0.2, 0.25) is 0 Å². The first kappa shape index (κ1) is 18.1. The second-order valence-corrected chi connectivity index (χ2v) is 7.97. The molecule has 1 N–H and O–H groups in total. The highest BCUT2D eigenvalue weighted by molar-refractivity contribution is 7.84. The highest BCUT2D eigenvalue weighted by atomic mass is 32.2. The topological polar surface area (TPSA) is 60.7 Å². The van der Waals surface area contributed by atoms with Gasteiger partial charge >= 0.3 is 0 Å². The Kier molecular flexibility index (Phi) is 6.07. The zero-order valence-corrected chi connectivity index (χ0v) is 15.0. The van der Waals surface area contributed by atoms with Crippen molar-refractivity contribution in [1.82, 2.24) is 4.72 Å². The van der Waals surface area contributed by atoms with E-state index in [2.05, 4.69) is 16.7 Å². The molecule has 1 heterocycles. The van der Waals surface area contributed by atoms with Crippen LogP contribution in [0.1, 0.15) is 32.6 Å². The molecule has 2 unspecified atom stereocenters. The zero-order chi connectivity index (χ0) is 17.6. The van der Waals surface area contributed by atoms with Crippen molar-refractivity contribution in [3.8, 4) is 23.5 Å². The van der Waals surface area contributed by atoms with Crippen molar-refractivity contribution in [3.63, 3.8) is 0 Å². The van der Waals surface area contributed by atoms with Gasteiger partial charge in [-0.05, 0) is 63.1 Å². The van der Waals surface area contributed by atoms with Crippen molar-refractivity contribution < 1.29 is 18.1 Å². The predicted octanol–water partition coefficient (Wildman–Crippen LogP) is 3.42. The van der Waals surface area contributed by atoms with Crippen LogP contribution >= 0.6 is 0 Å². The number of hydrogen-bond acceptors (Lipinski definition) is 4. The van der Waals surface area contributed by atoms with Gasteiger partial charge in [0.25, 0.3) is 0 Å². The monoisotopic (exact) mass is 347 g/mol. The van der Waals surface area contributed by atoms with Crippen LogP contribution in [-0.2, 0) is 11.0 Å². The standard InChI is InChI=1S/C18H21NO4S/c1-18(2,3)24(20)19-16(17-6-5-12-23-17)11-13-22-15-9-7-14(21-4)8-10-15/h5-10,12,16,19H,1-4H3. The number of rotatable bonds is 5. The number of furan rings is 1. The van der Waals surface area contributed by atoms with Crippen LogP contribution in [0.4, 0.5) is 0 Å². The van der Waals surface area contributed by atoms with E-state index in [1.807, 2.05) is 20.8 Å². The number of methoxy groups -OCH3 is 1. The minimum Gasteiger partial charge on any atom is -0.497 e. The van der Waals surface area contributed by atoms with Crippen LogP contribution < -0.4 is 14.2 Å². The van der Waals surface area contributed by atoms with E-state index in [0.717, 1.165) is 5.75 Å². The van der Waals surface area contributed by atoms with Crippen molar-refractivity contribution >= 4 is 11.0 Å². The fourth-order valence-corrected chi connectivity index (χ4v) is 2.43. The van der Waals surface area contributed by atoms with E-state index < -0.39 is 21.8 Å². The Morgan fingerprint density at radius 2 is 1.83 bits per heavy atom. The van der Waals surface area contributed by atoms with Gasteiger partial charge < -0.3 is 13.9 Å². The molecule has 0 aliphatic heterocycles. The molecule has 24 heavy (non-hydrogen) atoms. The lowest BCUT2D eigenvalue weighted by Gasteiger charge is -2.20.